The third-order valence-electron chi connectivity index (χ3n) is 5.98. The van der Waals surface area contributed by atoms with Crippen molar-refractivity contribution in [1.29, 1.82) is 0 Å². The number of aryl methyl sites for hydroxylation is 1. The highest BCUT2D eigenvalue weighted by molar-refractivity contribution is 14.0. The van der Waals surface area contributed by atoms with Crippen molar-refractivity contribution in [2.75, 3.05) is 6.54 Å². The molecule has 1 aromatic carbocycles. The Morgan fingerprint density at radius 1 is 1.13 bits per heavy atom. The average Bonchev–Trinajstić information content (AvgIpc) is 3.49. The van der Waals surface area contributed by atoms with E-state index in [0.29, 0.717) is 12.6 Å². The first kappa shape index (κ1) is 22.9. The van der Waals surface area contributed by atoms with Gasteiger partial charge in [-0.05, 0) is 52.0 Å². The summed E-state index contributed by atoms with van der Waals surface area (Å²) in [4.78, 5) is 17.2. The standard InChI is InChI=1S/C23H32N4O2.HI/c1-3-24-23(25-14-21-15(2)19-9-4-5-10-20(19)29-21)27-18-8-6-7-16(13-18)22(28)26-17-11-12-17;/h4-5,9-10,16-18H,3,6-8,11-14H2,1-2H3,(H,26,28)(H2,24,25,27);1H. The minimum atomic E-state index is 0. The molecule has 2 aliphatic rings. The van der Waals surface area contributed by atoms with Crippen molar-refractivity contribution in [3.63, 3.8) is 0 Å². The smallest absolute Gasteiger partial charge is 0.223 e. The fourth-order valence-electron chi connectivity index (χ4n) is 4.15. The van der Waals surface area contributed by atoms with Crippen LogP contribution in [-0.4, -0.2) is 30.5 Å². The molecular formula is C23H33IN4O2. The number of aliphatic imine (C=N–C) groups is 1. The van der Waals surface area contributed by atoms with E-state index < -0.39 is 0 Å². The highest BCUT2D eigenvalue weighted by Crippen LogP contribution is 2.27. The van der Waals surface area contributed by atoms with Crippen LogP contribution in [0.4, 0.5) is 0 Å². The maximum absolute atomic E-state index is 12.4. The Hall–Kier alpha value is -1.77. The van der Waals surface area contributed by atoms with Crippen LogP contribution in [0.15, 0.2) is 33.7 Å². The summed E-state index contributed by atoms with van der Waals surface area (Å²) in [5, 5.41) is 11.2. The van der Waals surface area contributed by atoms with Crippen LogP contribution >= 0.6 is 24.0 Å². The van der Waals surface area contributed by atoms with Gasteiger partial charge in [0.15, 0.2) is 5.96 Å². The monoisotopic (exact) mass is 524 g/mol. The molecule has 1 amide bonds. The maximum atomic E-state index is 12.4. The lowest BCUT2D eigenvalue weighted by Gasteiger charge is -2.30. The lowest BCUT2D eigenvalue weighted by atomic mass is 9.85. The molecule has 0 bridgehead atoms. The zero-order chi connectivity index (χ0) is 20.2. The Balaban J connectivity index is 0.00000256. The van der Waals surface area contributed by atoms with Crippen LogP contribution in [0.3, 0.4) is 0 Å². The van der Waals surface area contributed by atoms with Gasteiger partial charge in [0.1, 0.15) is 17.9 Å². The second kappa shape index (κ2) is 10.5. The summed E-state index contributed by atoms with van der Waals surface area (Å²) in [5.74, 6) is 2.04. The van der Waals surface area contributed by atoms with Gasteiger partial charge in [0, 0.05) is 35.5 Å². The first-order chi connectivity index (χ1) is 14.1. The molecule has 0 spiro atoms. The average molecular weight is 524 g/mol. The summed E-state index contributed by atoms with van der Waals surface area (Å²) in [5.41, 5.74) is 2.06. The fourth-order valence-corrected chi connectivity index (χ4v) is 4.15. The van der Waals surface area contributed by atoms with Crippen molar-refractivity contribution in [3.05, 3.63) is 35.6 Å². The number of carbonyl (C=O) groups excluding carboxylic acids is 1. The quantitative estimate of drug-likeness (QED) is 0.300. The summed E-state index contributed by atoms with van der Waals surface area (Å²) < 4.78 is 5.99. The van der Waals surface area contributed by atoms with Gasteiger partial charge in [-0.15, -0.1) is 24.0 Å². The first-order valence-corrected chi connectivity index (χ1v) is 11.0. The van der Waals surface area contributed by atoms with E-state index in [-0.39, 0.29) is 41.8 Å². The highest BCUT2D eigenvalue weighted by atomic mass is 127. The van der Waals surface area contributed by atoms with E-state index in [2.05, 4.69) is 35.9 Å². The number of hydrogen-bond acceptors (Lipinski definition) is 3. The van der Waals surface area contributed by atoms with E-state index in [1.807, 2.05) is 18.2 Å². The number of nitrogens with one attached hydrogen (secondary N) is 3. The molecule has 1 heterocycles. The van der Waals surface area contributed by atoms with Gasteiger partial charge < -0.3 is 20.4 Å². The molecule has 164 valence electrons. The molecule has 0 radical (unpaired) electrons. The van der Waals surface area contributed by atoms with Crippen molar-refractivity contribution in [3.8, 4) is 0 Å². The molecule has 0 saturated heterocycles. The third kappa shape index (κ3) is 5.68. The fraction of sp³-hybridized carbons (Fsp3) is 0.565. The predicted octanol–water partition coefficient (Wildman–Crippen LogP) is 4.25. The summed E-state index contributed by atoms with van der Waals surface area (Å²) in [6, 6.07) is 8.80. The Morgan fingerprint density at radius 2 is 1.93 bits per heavy atom. The molecular weight excluding hydrogens is 491 g/mol. The Kier molecular flexibility index (Phi) is 8.02. The minimum Gasteiger partial charge on any atom is -0.459 e. The zero-order valence-electron chi connectivity index (χ0n) is 17.9. The van der Waals surface area contributed by atoms with E-state index in [4.69, 9.17) is 9.41 Å². The molecule has 2 aliphatic carbocycles. The Labute approximate surface area is 195 Å². The maximum Gasteiger partial charge on any atom is 0.223 e. The number of fused-ring (bicyclic) bond motifs is 1. The van der Waals surface area contributed by atoms with Crippen LogP contribution in [0.25, 0.3) is 11.0 Å². The SMILES string of the molecule is CCNC(=NCc1oc2ccccc2c1C)NC1CCCC(C(=O)NC2CC2)C1.I. The van der Waals surface area contributed by atoms with Gasteiger partial charge in [0.2, 0.25) is 5.91 Å². The molecule has 1 aromatic heterocycles. The number of benzene rings is 1. The van der Waals surface area contributed by atoms with Crippen molar-refractivity contribution in [2.24, 2.45) is 10.9 Å². The molecule has 2 saturated carbocycles. The molecule has 2 atom stereocenters. The highest BCUT2D eigenvalue weighted by Gasteiger charge is 2.31. The van der Waals surface area contributed by atoms with Gasteiger partial charge in [-0.3, -0.25) is 4.79 Å². The van der Waals surface area contributed by atoms with Gasteiger partial charge in [-0.2, -0.15) is 0 Å². The Morgan fingerprint density at radius 3 is 2.67 bits per heavy atom. The number of rotatable bonds is 6. The van der Waals surface area contributed by atoms with Crippen molar-refractivity contribution < 1.29 is 9.21 Å². The van der Waals surface area contributed by atoms with Gasteiger partial charge in [-0.1, -0.05) is 24.6 Å². The molecule has 2 unspecified atom stereocenters. The number of guanidine groups is 1. The molecule has 30 heavy (non-hydrogen) atoms. The van der Waals surface area contributed by atoms with Crippen LogP contribution in [0.1, 0.15) is 56.8 Å². The van der Waals surface area contributed by atoms with Crippen LogP contribution < -0.4 is 16.0 Å². The zero-order valence-corrected chi connectivity index (χ0v) is 20.2. The summed E-state index contributed by atoms with van der Waals surface area (Å²) in [7, 11) is 0. The summed E-state index contributed by atoms with van der Waals surface area (Å²) in [6.45, 7) is 5.44. The molecule has 4 rings (SSSR count). The van der Waals surface area contributed by atoms with Crippen molar-refractivity contribution in [1.82, 2.24) is 16.0 Å². The molecule has 6 nitrogen and oxygen atoms in total. The van der Waals surface area contributed by atoms with E-state index >= 15 is 0 Å². The molecule has 0 aliphatic heterocycles. The predicted molar refractivity (Wildman–Crippen MR) is 131 cm³/mol. The first-order valence-electron chi connectivity index (χ1n) is 11.0. The topological polar surface area (TPSA) is 78.7 Å². The molecule has 2 fully saturated rings. The number of amides is 1. The summed E-state index contributed by atoms with van der Waals surface area (Å²) in [6.07, 6.45) is 6.27. The van der Waals surface area contributed by atoms with E-state index in [1.165, 1.54) is 0 Å². The number of carbonyl (C=O) groups is 1. The molecule has 2 aromatic rings. The van der Waals surface area contributed by atoms with Crippen LogP contribution in [0.2, 0.25) is 0 Å². The molecule has 3 N–H and O–H groups in total. The Bertz CT molecular complexity index is 890. The second-order valence-electron chi connectivity index (χ2n) is 8.33. The third-order valence-corrected chi connectivity index (χ3v) is 5.98. The lowest BCUT2D eigenvalue weighted by molar-refractivity contribution is -0.126. The van der Waals surface area contributed by atoms with Crippen LogP contribution in [0.5, 0.6) is 0 Å². The van der Waals surface area contributed by atoms with E-state index in [0.717, 1.165) is 73.3 Å². The van der Waals surface area contributed by atoms with E-state index in [1.54, 1.807) is 0 Å². The normalized spacial score (nSPS) is 21.7. The van der Waals surface area contributed by atoms with Gasteiger partial charge >= 0.3 is 0 Å². The van der Waals surface area contributed by atoms with Gasteiger partial charge in [-0.25, -0.2) is 4.99 Å². The number of nitrogens with zero attached hydrogens (tertiary/aromatic N) is 1. The number of para-hydroxylation sites is 1. The van der Waals surface area contributed by atoms with E-state index in [9.17, 15) is 4.79 Å². The number of halogens is 1. The summed E-state index contributed by atoms with van der Waals surface area (Å²) >= 11 is 0. The van der Waals surface area contributed by atoms with Crippen molar-refractivity contribution in [2.45, 2.75) is 71.0 Å². The van der Waals surface area contributed by atoms with Crippen molar-refractivity contribution >= 4 is 46.8 Å². The number of furan rings is 1. The van der Waals surface area contributed by atoms with Crippen LogP contribution in [0, 0.1) is 12.8 Å². The molecule has 7 heteroatoms. The van der Waals surface area contributed by atoms with Crippen LogP contribution in [-0.2, 0) is 11.3 Å². The lowest BCUT2D eigenvalue weighted by Crippen LogP contribution is -2.47. The minimum absolute atomic E-state index is 0. The second-order valence-corrected chi connectivity index (χ2v) is 8.33. The number of hydrogen-bond donors (Lipinski definition) is 3. The van der Waals surface area contributed by atoms with Gasteiger partial charge in [0.25, 0.3) is 0 Å². The largest absolute Gasteiger partial charge is 0.459 e. The van der Waals surface area contributed by atoms with Gasteiger partial charge in [0.05, 0.1) is 0 Å².